The van der Waals surface area contributed by atoms with Crippen LogP contribution < -0.4 is 10.2 Å². The van der Waals surface area contributed by atoms with Crippen LogP contribution in [0.1, 0.15) is 38.2 Å². The van der Waals surface area contributed by atoms with Crippen LogP contribution >= 0.6 is 0 Å². The molecule has 7 nitrogen and oxygen atoms in total. The Morgan fingerprint density at radius 1 is 1.11 bits per heavy atom. The normalized spacial score (nSPS) is 21.7. The predicted molar refractivity (Wildman–Crippen MR) is 140 cm³/mol. The van der Waals surface area contributed by atoms with E-state index in [1.807, 2.05) is 47.2 Å². The van der Waals surface area contributed by atoms with Gasteiger partial charge in [-0.1, -0.05) is 44.0 Å². The number of benzene rings is 1. The van der Waals surface area contributed by atoms with E-state index in [-0.39, 0.29) is 0 Å². The van der Waals surface area contributed by atoms with Crippen molar-refractivity contribution in [1.29, 1.82) is 5.26 Å². The number of carbonyl (C=O) groups excluding carboxylic acids is 1. The van der Waals surface area contributed by atoms with Crippen LogP contribution in [0.4, 0.5) is 10.1 Å². The van der Waals surface area contributed by atoms with Crippen LogP contribution in [0.5, 0.6) is 0 Å². The Labute approximate surface area is 212 Å². The van der Waals surface area contributed by atoms with Gasteiger partial charge in [0.25, 0.3) is 0 Å². The second-order valence-electron chi connectivity index (χ2n) is 9.91. The van der Waals surface area contributed by atoms with E-state index in [0.29, 0.717) is 13.0 Å². The van der Waals surface area contributed by atoms with Crippen LogP contribution in [0, 0.1) is 17.8 Å². The molecule has 0 radical (unpaired) electrons. The predicted octanol–water partition coefficient (Wildman–Crippen LogP) is 4.38. The molecule has 1 amide bonds. The van der Waals surface area contributed by atoms with Crippen molar-refractivity contribution in [2.45, 2.75) is 38.3 Å². The summed E-state index contributed by atoms with van der Waals surface area (Å²) in [5, 5.41) is 14.1. The smallest absolute Gasteiger partial charge is 0.209 e. The molecule has 1 atom stereocenters. The average Bonchev–Trinajstić information content (AvgIpc) is 3.59. The first-order valence-electron chi connectivity index (χ1n) is 12.7. The number of fused-ring (bicyclic) bond motifs is 1. The Morgan fingerprint density at radius 3 is 2.39 bits per heavy atom. The third-order valence-electron chi connectivity index (χ3n) is 7.22. The molecule has 1 saturated carbocycles. The van der Waals surface area contributed by atoms with Crippen LogP contribution in [0.2, 0.25) is 0 Å². The SMILES string of the molecule is C#N.CC1CC1.O=CN1CCN(c2ccnn3cc(-c4ccc(C5(F)CCCNC5)cc4)cc23)CC1. The molecule has 3 aromatic rings. The molecule has 1 aromatic carbocycles. The van der Waals surface area contributed by atoms with Crippen molar-refractivity contribution < 1.29 is 9.18 Å². The summed E-state index contributed by atoms with van der Waals surface area (Å²) in [7, 11) is 0. The van der Waals surface area contributed by atoms with Gasteiger partial charge >= 0.3 is 0 Å². The van der Waals surface area contributed by atoms with E-state index < -0.39 is 5.67 Å². The highest BCUT2D eigenvalue weighted by molar-refractivity contribution is 5.80. The third kappa shape index (κ3) is 5.85. The van der Waals surface area contributed by atoms with E-state index >= 15 is 4.39 Å². The first-order valence-corrected chi connectivity index (χ1v) is 12.7. The number of rotatable bonds is 4. The minimum Gasteiger partial charge on any atom is -0.366 e. The van der Waals surface area contributed by atoms with Gasteiger partial charge in [-0.3, -0.25) is 4.79 Å². The molecule has 0 bridgehead atoms. The van der Waals surface area contributed by atoms with Crippen molar-refractivity contribution in [3.05, 3.63) is 54.4 Å². The highest BCUT2D eigenvalue weighted by atomic mass is 19.1. The van der Waals surface area contributed by atoms with Gasteiger partial charge in [0.05, 0.1) is 11.2 Å². The lowest BCUT2D eigenvalue weighted by Gasteiger charge is -2.34. The van der Waals surface area contributed by atoms with Crippen molar-refractivity contribution in [2.24, 2.45) is 5.92 Å². The lowest BCUT2D eigenvalue weighted by Crippen LogP contribution is -2.45. The quantitative estimate of drug-likeness (QED) is 0.549. The molecule has 190 valence electrons. The third-order valence-corrected chi connectivity index (χ3v) is 7.22. The van der Waals surface area contributed by atoms with Gasteiger partial charge in [-0.15, -0.1) is 0 Å². The van der Waals surface area contributed by atoms with Crippen molar-refractivity contribution in [3.63, 3.8) is 0 Å². The summed E-state index contributed by atoms with van der Waals surface area (Å²) in [5.74, 6) is 1.08. The Morgan fingerprint density at radius 2 is 1.81 bits per heavy atom. The van der Waals surface area contributed by atoms with Gasteiger partial charge in [0.2, 0.25) is 6.41 Å². The first kappa shape index (κ1) is 25.6. The zero-order chi connectivity index (χ0) is 25.5. The second kappa shape index (κ2) is 11.5. The number of piperazine rings is 1. The summed E-state index contributed by atoms with van der Waals surface area (Å²) in [6.45, 7) is 10.1. The number of nitrogens with one attached hydrogen (secondary N) is 1. The molecule has 1 N–H and O–H groups in total. The molecule has 6 rings (SSSR count). The molecule has 36 heavy (non-hydrogen) atoms. The van der Waals surface area contributed by atoms with Crippen LogP contribution in [-0.4, -0.2) is 60.2 Å². The molecule has 4 heterocycles. The topological polar surface area (TPSA) is 76.7 Å². The van der Waals surface area contributed by atoms with Crippen LogP contribution in [0.15, 0.2) is 48.8 Å². The van der Waals surface area contributed by atoms with Crippen LogP contribution in [0.3, 0.4) is 0 Å². The van der Waals surface area contributed by atoms with E-state index in [0.717, 1.165) is 79.4 Å². The van der Waals surface area contributed by atoms with E-state index in [1.165, 1.54) is 12.8 Å². The fourth-order valence-corrected chi connectivity index (χ4v) is 4.74. The lowest BCUT2D eigenvalue weighted by molar-refractivity contribution is -0.118. The molecule has 3 fully saturated rings. The van der Waals surface area contributed by atoms with Crippen molar-refractivity contribution in [2.75, 3.05) is 44.2 Å². The minimum atomic E-state index is -1.28. The number of carbonyl (C=O) groups is 1. The number of amides is 1. The van der Waals surface area contributed by atoms with Crippen molar-refractivity contribution >= 4 is 17.6 Å². The average molecular weight is 491 g/mol. The first-order chi connectivity index (χ1) is 17.6. The van der Waals surface area contributed by atoms with E-state index in [9.17, 15) is 4.79 Å². The Hall–Kier alpha value is -3.44. The monoisotopic (exact) mass is 490 g/mol. The molecule has 1 unspecified atom stereocenters. The van der Waals surface area contributed by atoms with Gasteiger partial charge in [-0.2, -0.15) is 5.10 Å². The number of nitriles is 1. The number of hydrogen-bond acceptors (Lipinski definition) is 5. The van der Waals surface area contributed by atoms with E-state index in [2.05, 4.69) is 34.9 Å². The zero-order valence-corrected chi connectivity index (χ0v) is 20.9. The summed E-state index contributed by atoms with van der Waals surface area (Å²) in [6, 6.07) is 12.0. The zero-order valence-electron chi connectivity index (χ0n) is 20.9. The summed E-state index contributed by atoms with van der Waals surface area (Å²) in [5.41, 5.74) is 3.73. The molecule has 2 aliphatic heterocycles. The van der Waals surface area contributed by atoms with Gasteiger partial charge in [0.1, 0.15) is 5.67 Å². The van der Waals surface area contributed by atoms with Gasteiger partial charge < -0.3 is 15.1 Å². The number of halogens is 1. The summed E-state index contributed by atoms with van der Waals surface area (Å²) >= 11 is 0. The number of alkyl halides is 1. The summed E-state index contributed by atoms with van der Waals surface area (Å²) in [6.07, 6.45) is 9.15. The highest BCUT2D eigenvalue weighted by Gasteiger charge is 2.33. The van der Waals surface area contributed by atoms with Crippen LogP contribution in [0.25, 0.3) is 16.6 Å². The summed E-state index contributed by atoms with van der Waals surface area (Å²) in [4.78, 5) is 15.1. The van der Waals surface area contributed by atoms with E-state index in [4.69, 9.17) is 5.26 Å². The molecule has 8 heteroatoms. The number of hydrogen-bond donors (Lipinski definition) is 1. The standard InChI is InChI=1S/C23H26FN5O.C4H8.CHN/c24-23(7-1-8-25-16-23)20-4-2-18(3-5-20)19-14-22-21(6-9-26-29(22)15-19)28-12-10-27(17-30)11-13-28;1-4-2-3-4;1-2/h2-6,9,14-15,17,25H,1,7-8,10-13,16H2;4H,2-3H2,1H3;1H. The molecule has 2 saturated heterocycles. The Balaban J connectivity index is 0.000000454. The largest absolute Gasteiger partial charge is 0.366 e. The van der Waals surface area contributed by atoms with Crippen LogP contribution in [-0.2, 0) is 10.5 Å². The maximum absolute atomic E-state index is 15.2. The maximum atomic E-state index is 15.2. The van der Waals surface area contributed by atoms with Gasteiger partial charge in [-0.25, -0.2) is 14.2 Å². The fraction of sp³-hybridized carbons (Fsp3) is 0.464. The molecular formula is C28H35FN6O. The molecule has 0 spiro atoms. The van der Waals surface area contributed by atoms with Crippen molar-refractivity contribution in [3.8, 4) is 17.7 Å². The number of aromatic nitrogens is 2. The second-order valence-corrected chi connectivity index (χ2v) is 9.91. The Kier molecular flexibility index (Phi) is 8.21. The fourth-order valence-electron chi connectivity index (χ4n) is 4.74. The summed E-state index contributed by atoms with van der Waals surface area (Å²) < 4.78 is 17.1. The molecule has 3 aliphatic rings. The van der Waals surface area contributed by atoms with E-state index in [1.54, 1.807) is 4.90 Å². The highest BCUT2D eigenvalue weighted by Crippen LogP contribution is 2.35. The minimum absolute atomic E-state index is 0.382. The van der Waals surface area contributed by atoms with Gasteiger partial charge in [-0.05, 0) is 48.6 Å². The number of nitrogens with zero attached hydrogens (tertiary/aromatic N) is 5. The number of piperidine rings is 1. The molecule has 1 aliphatic carbocycles. The van der Waals surface area contributed by atoms with Crippen molar-refractivity contribution in [1.82, 2.24) is 19.8 Å². The van der Waals surface area contributed by atoms with Gasteiger partial charge in [0.15, 0.2) is 0 Å². The molecule has 2 aromatic heterocycles. The number of anilines is 1. The molecular weight excluding hydrogens is 455 g/mol. The Bertz CT molecular complexity index is 1160. The lowest BCUT2D eigenvalue weighted by atomic mass is 9.87. The maximum Gasteiger partial charge on any atom is 0.209 e. The van der Waals surface area contributed by atoms with Gasteiger partial charge in [0, 0.05) is 57.3 Å².